The Labute approximate surface area is 247 Å². The van der Waals surface area contributed by atoms with Crippen LogP contribution in [-0.4, -0.2) is 9.97 Å². The third-order valence-corrected chi connectivity index (χ3v) is 8.45. The van der Waals surface area contributed by atoms with Crippen molar-refractivity contribution in [2.45, 2.75) is 0 Å². The van der Waals surface area contributed by atoms with E-state index in [9.17, 15) is 0 Å². The third-order valence-electron chi connectivity index (χ3n) is 8.45. The summed E-state index contributed by atoms with van der Waals surface area (Å²) in [6.45, 7) is 0. The zero-order valence-electron chi connectivity index (χ0n) is 23.2. The molecule has 0 saturated heterocycles. The van der Waals surface area contributed by atoms with Crippen molar-refractivity contribution in [3.63, 3.8) is 0 Å². The van der Waals surface area contributed by atoms with Crippen LogP contribution >= 0.6 is 0 Å². The number of hydrogen-bond donors (Lipinski definition) is 0. The molecule has 0 aliphatic rings. The van der Waals surface area contributed by atoms with E-state index in [1.54, 1.807) is 0 Å². The van der Waals surface area contributed by atoms with E-state index < -0.39 is 0 Å². The quantitative estimate of drug-likeness (QED) is 0.220. The first-order chi connectivity index (χ1) is 21.3. The van der Waals surface area contributed by atoms with Gasteiger partial charge in [0.05, 0.1) is 22.4 Å². The first kappa shape index (κ1) is 23.9. The normalized spacial score (nSPS) is 11.7. The van der Waals surface area contributed by atoms with E-state index >= 15 is 0 Å². The van der Waals surface area contributed by atoms with E-state index in [-0.39, 0.29) is 0 Å². The van der Waals surface area contributed by atoms with Crippen LogP contribution in [0.1, 0.15) is 0 Å². The number of benzene rings is 7. The molecule has 43 heavy (non-hydrogen) atoms. The van der Waals surface area contributed by atoms with Gasteiger partial charge < -0.3 is 4.42 Å². The largest absolute Gasteiger partial charge is 0.455 e. The topological polar surface area (TPSA) is 38.9 Å². The Morgan fingerprint density at radius 2 is 1.05 bits per heavy atom. The minimum absolute atomic E-state index is 0.873. The van der Waals surface area contributed by atoms with E-state index in [0.29, 0.717) is 0 Å². The predicted octanol–water partition coefficient (Wildman–Crippen LogP) is 10.8. The molecular weight excluding hydrogens is 524 g/mol. The number of hydrogen-bond acceptors (Lipinski definition) is 3. The highest BCUT2D eigenvalue weighted by atomic mass is 16.3. The number of aromatic nitrogens is 2. The number of para-hydroxylation sites is 3. The van der Waals surface area contributed by atoms with E-state index in [0.717, 1.165) is 77.4 Å². The summed E-state index contributed by atoms with van der Waals surface area (Å²) < 4.78 is 6.44. The van der Waals surface area contributed by atoms with Gasteiger partial charge in [0.25, 0.3) is 0 Å². The van der Waals surface area contributed by atoms with Gasteiger partial charge in [-0.1, -0.05) is 115 Å². The molecule has 7 aromatic carbocycles. The van der Waals surface area contributed by atoms with Gasteiger partial charge in [0.2, 0.25) is 0 Å². The van der Waals surface area contributed by atoms with Gasteiger partial charge >= 0.3 is 0 Å². The average molecular weight is 549 g/mol. The van der Waals surface area contributed by atoms with E-state index in [1.165, 1.54) is 10.8 Å². The molecule has 0 aliphatic heterocycles. The smallest absolute Gasteiger partial charge is 0.143 e. The van der Waals surface area contributed by atoms with Gasteiger partial charge in [-0.15, -0.1) is 0 Å². The summed E-state index contributed by atoms with van der Waals surface area (Å²) in [6, 6.07) is 50.8. The maximum Gasteiger partial charge on any atom is 0.143 e. The van der Waals surface area contributed by atoms with Gasteiger partial charge in [0.1, 0.15) is 11.2 Å². The van der Waals surface area contributed by atoms with Gasteiger partial charge in [-0.3, -0.25) is 0 Å². The highest BCUT2D eigenvalue weighted by Crippen LogP contribution is 2.40. The highest BCUT2D eigenvalue weighted by Gasteiger charge is 2.16. The fourth-order valence-electron chi connectivity index (χ4n) is 6.34. The first-order valence-corrected chi connectivity index (χ1v) is 14.5. The molecule has 0 amide bonds. The molecule has 9 rings (SSSR count). The molecule has 0 N–H and O–H groups in total. The van der Waals surface area contributed by atoms with Crippen molar-refractivity contribution in [2.75, 3.05) is 0 Å². The van der Waals surface area contributed by atoms with Crippen molar-refractivity contribution in [1.82, 2.24) is 9.97 Å². The van der Waals surface area contributed by atoms with Crippen LogP contribution in [0.25, 0.3) is 88.2 Å². The standard InChI is InChI=1S/C40H24N2O/c1-2-9-29-24-30(21-16-25(29)8-1)39-38(41-34-13-4-5-14-35(34)42-39)28-19-17-26(18-20-28)31-12-7-10-27-22-23-33-32-11-3-6-15-36(32)43-40(33)37(27)31/h1-24H. The second kappa shape index (κ2) is 9.37. The Hall–Kier alpha value is -5.80. The molecule has 0 radical (unpaired) electrons. The van der Waals surface area contributed by atoms with E-state index in [4.69, 9.17) is 14.4 Å². The van der Waals surface area contributed by atoms with Crippen LogP contribution in [0, 0.1) is 0 Å². The average Bonchev–Trinajstić information content (AvgIpc) is 3.46. The van der Waals surface area contributed by atoms with Gasteiger partial charge in [-0.2, -0.15) is 0 Å². The summed E-state index contributed by atoms with van der Waals surface area (Å²) in [5.74, 6) is 0. The van der Waals surface area contributed by atoms with Crippen molar-refractivity contribution in [1.29, 1.82) is 0 Å². The molecule has 9 aromatic rings. The molecule has 2 heterocycles. The van der Waals surface area contributed by atoms with Crippen LogP contribution in [0.2, 0.25) is 0 Å². The van der Waals surface area contributed by atoms with Crippen molar-refractivity contribution in [2.24, 2.45) is 0 Å². The molecule has 3 nitrogen and oxygen atoms in total. The Morgan fingerprint density at radius 3 is 1.88 bits per heavy atom. The minimum Gasteiger partial charge on any atom is -0.455 e. The van der Waals surface area contributed by atoms with Crippen LogP contribution in [0.15, 0.2) is 150 Å². The molecule has 0 fully saturated rings. The molecule has 0 bridgehead atoms. The van der Waals surface area contributed by atoms with Crippen LogP contribution in [-0.2, 0) is 0 Å². The van der Waals surface area contributed by atoms with Crippen molar-refractivity contribution in [3.05, 3.63) is 146 Å². The van der Waals surface area contributed by atoms with Gasteiger partial charge in [0, 0.05) is 27.3 Å². The van der Waals surface area contributed by atoms with E-state index in [2.05, 4.69) is 109 Å². The van der Waals surface area contributed by atoms with Gasteiger partial charge in [0.15, 0.2) is 0 Å². The first-order valence-electron chi connectivity index (χ1n) is 14.5. The van der Waals surface area contributed by atoms with Crippen molar-refractivity contribution >= 4 is 54.5 Å². The number of nitrogens with zero attached hydrogens (tertiary/aromatic N) is 2. The van der Waals surface area contributed by atoms with Gasteiger partial charge in [-0.25, -0.2) is 9.97 Å². The predicted molar refractivity (Wildman–Crippen MR) is 178 cm³/mol. The molecule has 0 saturated carbocycles. The molecular formula is C40H24N2O. The maximum absolute atomic E-state index is 6.44. The lowest BCUT2D eigenvalue weighted by Gasteiger charge is -2.13. The Bertz CT molecular complexity index is 2510. The fraction of sp³-hybridized carbons (Fsp3) is 0. The maximum atomic E-state index is 6.44. The van der Waals surface area contributed by atoms with E-state index in [1.807, 2.05) is 36.4 Å². The van der Waals surface area contributed by atoms with Crippen LogP contribution < -0.4 is 0 Å². The second-order valence-corrected chi connectivity index (χ2v) is 11.0. The summed E-state index contributed by atoms with van der Waals surface area (Å²) in [5.41, 5.74) is 9.71. The molecule has 0 aliphatic carbocycles. The molecule has 200 valence electrons. The van der Waals surface area contributed by atoms with Crippen LogP contribution in [0.5, 0.6) is 0 Å². The zero-order valence-corrected chi connectivity index (χ0v) is 23.2. The highest BCUT2D eigenvalue weighted by molar-refractivity contribution is 6.18. The molecule has 2 aromatic heterocycles. The zero-order chi connectivity index (χ0) is 28.3. The summed E-state index contributed by atoms with van der Waals surface area (Å²) in [6.07, 6.45) is 0. The number of rotatable bonds is 3. The molecule has 0 spiro atoms. The lowest BCUT2D eigenvalue weighted by Crippen LogP contribution is -1.95. The Balaban J connectivity index is 1.22. The minimum atomic E-state index is 0.873. The fourth-order valence-corrected chi connectivity index (χ4v) is 6.34. The summed E-state index contributed by atoms with van der Waals surface area (Å²) >= 11 is 0. The summed E-state index contributed by atoms with van der Waals surface area (Å²) in [7, 11) is 0. The van der Waals surface area contributed by atoms with Crippen molar-refractivity contribution in [3.8, 4) is 33.6 Å². The Morgan fingerprint density at radius 1 is 0.419 bits per heavy atom. The van der Waals surface area contributed by atoms with Crippen LogP contribution in [0.3, 0.4) is 0 Å². The SMILES string of the molecule is c1ccc2cc(-c3nc4ccccc4nc3-c3ccc(-c4cccc5ccc6c7ccccc7oc6c45)cc3)ccc2c1. The third kappa shape index (κ3) is 3.83. The van der Waals surface area contributed by atoms with Crippen molar-refractivity contribution < 1.29 is 4.42 Å². The van der Waals surface area contributed by atoms with Crippen LogP contribution in [0.4, 0.5) is 0 Å². The molecule has 3 heteroatoms. The second-order valence-electron chi connectivity index (χ2n) is 11.0. The monoisotopic (exact) mass is 548 g/mol. The molecule has 0 unspecified atom stereocenters. The molecule has 0 atom stereocenters. The summed E-state index contributed by atoms with van der Waals surface area (Å²) in [5, 5.41) is 6.96. The lowest BCUT2D eigenvalue weighted by atomic mass is 9.94. The lowest BCUT2D eigenvalue weighted by molar-refractivity contribution is 0.673. The number of furan rings is 1. The van der Waals surface area contributed by atoms with Gasteiger partial charge in [-0.05, 0) is 57.6 Å². The summed E-state index contributed by atoms with van der Waals surface area (Å²) in [4.78, 5) is 10.3. The number of fused-ring (bicyclic) bond motifs is 7. The Kier molecular flexibility index (Phi) is 5.20.